The Hall–Kier alpha value is -0.990. The molecule has 1 atom stereocenters. The van der Waals surface area contributed by atoms with Crippen LogP contribution in [0, 0.1) is 17.8 Å². The first-order valence-electron chi connectivity index (χ1n) is 5.71. The maximum Gasteiger partial charge on any atom is 0.122 e. The SMILES string of the molecule is CC(C)C=O.CC(C)C=O.CCC(C)C=O. The van der Waals surface area contributed by atoms with E-state index in [1.54, 1.807) is 0 Å². The van der Waals surface area contributed by atoms with Crippen LogP contribution in [0.1, 0.15) is 48.0 Å². The van der Waals surface area contributed by atoms with Crippen LogP contribution in [-0.4, -0.2) is 18.9 Å². The lowest BCUT2D eigenvalue weighted by Gasteiger charge is -1.89. The van der Waals surface area contributed by atoms with Crippen molar-refractivity contribution in [2.24, 2.45) is 17.8 Å². The molecule has 0 aliphatic carbocycles. The highest BCUT2D eigenvalue weighted by atomic mass is 16.1. The zero-order valence-corrected chi connectivity index (χ0v) is 11.4. The molecule has 0 N–H and O–H groups in total. The molecule has 0 radical (unpaired) electrons. The van der Waals surface area contributed by atoms with Gasteiger partial charge in [-0.15, -0.1) is 0 Å². The summed E-state index contributed by atoms with van der Waals surface area (Å²) in [6.07, 6.45) is 3.77. The fourth-order valence-electron chi connectivity index (χ4n) is 0.0962. The minimum Gasteiger partial charge on any atom is -0.303 e. The van der Waals surface area contributed by atoms with Crippen LogP contribution in [0.25, 0.3) is 0 Å². The summed E-state index contributed by atoms with van der Waals surface area (Å²) in [6.45, 7) is 11.3. The Bertz CT molecular complexity index is 151. The van der Waals surface area contributed by atoms with Gasteiger partial charge in [0.1, 0.15) is 18.9 Å². The van der Waals surface area contributed by atoms with Crippen LogP contribution in [0.2, 0.25) is 0 Å². The predicted molar refractivity (Wildman–Crippen MR) is 67.3 cm³/mol. The minimum absolute atomic E-state index is 0.204. The van der Waals surface area contributed by atoms with Gasteiger partial charge in [0, 0.05) is 17.8 Å². The van der Waals surface area contributed by atoms with E-state index in [0.717, 1.165) is 25.3 Å². The molecular weight excluding hydrogens is 204 g/mol. The van der Waals surface area contributed by atoms with E-state index in [0.29, 0.717) is 0 Å². The van der Waals surface area contributed by atoms with E-state index in [4.69, 9.17) is 0 Å². The molecule has 0 rings (SSSR count). The van der Waals surface area contributed by atoms with Crippen LogP contribution >= 0.6 is 0 Å². The summed E-state index contributed by atoms with van der Waals surface area (Å²) in [4.78, 5) is 28.7. The highest BCUT2D eigenvalue weighted by Gasteiger charge is 1.89. The van der Waals surface area contributed by atoms with Gasteiger partial charge in [0.15, 0.2) is 0 Å². The monoisotopic (exact) mass is 230 g/mol. The van der Waals surface area contributed by atoms with Gasteiger partial charge in [-0.3, -0.25) is 0 Å². The molecule has 0 saturated carbocycles. The molecule has 0 amide bonds. The molecule has 0 aromatic carbocycles. The second kappa shape index (κ2) is 16.4. The number of carbonyl (C=O) groups excluding carboxylic acids is 3. The van der Waals surface area contributed by atoms with E-state index in [1.165, 1.54) is 0 Å². The molecule has 0 bridgehead atoms. The fourth-order valence-corrected chi connectivity index (χ4v) is 0.0962. The van der Waals surface area contributed by atoms with E-state index in [2.05, 4.69) is 0 Å². The molecule has 3 nitrogen and oxygen atoms in total. The second-order valence-corrected chi connectivity index (χ2v) is 4.28. The van der Waals surface area contributed by atoms with Gasteiger partial charge in [-0.2, -0.15) is 0 Å². The Labute approximate surface area is 99.6 Å². The zero-order valence-electron chi connectivity index (χ0n) is 11.4. The molecule has 0 aromatic rings. The van der Waals surface area contributed by atoms with E-state index in [-0.39, 0.29) is 17.8 Å². The molecular formula is C13H26O3. The molecule has 0 saturated heterocycles. The predicted octanol–water partition coefficient (Wildman–Crippen LogP) is 2.91. The number of carbonyl (C=O) groups is 3. The van der Waals surface area contributed by atoms with Crippen LogP contribution in [0.5, 0.6) is 0 Å². The molecule has 0 heterocycles. The molecule has 16 heavy (non-hydrogen) atoms. The Kier molecular flexibility index (Phi) is 21.0. The number of hydrogen-bond acceptors (Lipinski definition) is 3. The quantitative estimate of drug-likeness (QED) is 0.698. The summed E-state index contributed by atoms with van der Waals surface area (Å²) < 4.78 is 0. The highest BCUT2D eigenvalue weighted by Crippen LogP contribution is 1.91. The van der Waals surface area contributed by atoms with Gasteiger partial charge in [-0.05, 0) is 6.42 Å². The highest BCUT2D eigenvalue weighted by molar-refractivity contribution is 5.52. The lowest BCUT2D eigenvalue weighted by Crippen LogP contribution is -1.89. The van der Waals surface area contributed by atoms with Crippen LogP contribution in [0.4, 0.5) is 0 Å². The topological polar surface area (TPSA) is 51.2 Å². The van der Waals surface area contributed by atoms with Crippen molar-refractivity contribution in [2.75, 3.05) is 0 Å². The molecule has 0 aliphatic rings. The normalized spacial score (nSPS) is 10.5. The Morgan fingerprint density at radius 2 is 1.00 bits per heavy atom. The Morgan fingerprint density at radius 3 is 1.00 bits per heavy atom. The van der Waals surface area contributed by atoms with E-state index in [9.17, 15) is 14.4 Å². The lowest BCUT2D eigenvalue weighted by atomic mass is 10.2. The van der Waals surface area contributed by atoms with Gasteiger partial charge in [0.25, 0.3) is 0 Å². The number of aldehydes is 3. The maximum atomic E-state index is 9.74. The third-order valence-corrected chi connectivity index (χ3v) is 1.42. The first-order chi connectivity index (χ1) is 7.35. The van der Waals surface area contributed by atoms with Crippen molar-refractivity contribution in [1.82, 2.24) is 0 Å². The standard InChI is InChI=1S/C5H10O.2C4H8O/c1-3-5(2)4-6;2*1-4(2)3-5/h4-5H,3H2,1-2H3;2*3-4H,1-2H3. The molecule has 0 aromatic heterocycles. The first-order valence-corrected chi connectivity index (χ1v) is 5.71. The van der Waals surface area contributed by atoms with Crippen molar-refractivity contribution in [3.05, 3.63) is 0 Å². The summed E-state index contributed by atoms with van der Waals surface area (Å²) in [7, 11) is 0. The maximum absolute atomic E-state index is 9.74. The molecule has 1 unspecified atom stereocenters. The Balaban J connectivity index is -0.000000160. The van der Waals surface area contributed by atoms with Gasteiger partial charge in [-0.25, -0.2) is 0 Å². The van der Waals surface area contributed by atoms with Crippen molar-refractivity contribution < 1.29 is 14.4 Å². The molecule has 3 heteroatoms. The van der Waals surface area contributed by atoms with Gasteiger partial charge >= 0.3 is 0 Å². The van der Waals surface area contributed by atoms with Gasteiger partial charge in [0.05, 0.1) is 0 Å². The van der Waals surface area contributed by atoms with Gasteiger partial charge < -0.3 is 14.4 Å². The van der Waals surface area contributed by atoms with Crippen LogP contribution in [-0.2, 0) is 14.4 Å². The molecule has 0 fully saturated rings. The van der Waals surface area contributed by atoms with Crippen molar-refractivity contribution in [2.45, 2.75) is 48.0 Å². The number of rotatable bonds is 4. The van der Waals surface area contributed by atoms with Crippen LogP contribution in [0.3, 0.4) is 0 Å². The van der Waals surface area contributed by atoms with Crippen molar-refractivity contribution in [1.29, 1.82) is 0 Å². The van der Waals surface area contributed by atoms with Crippen LogP contribution < -0.4 is 0 Å². The van der Waals surface area contributed by atoms with Crippen molar-refractivity contribution in [3.8, 4) is 0 Å². The minimum atomic E-state index is 0.204. The largest absolute Gasteiger partial charge is 0.303 e. The average Bonchev–Trinajstić information content (AvgIpc) is 2.29. The number of hydrogen-bond donors (Lipinski definition) is 0. The van der Waals surface area contributed by atoms with Gasteiger partial charge in [0.2, 0.25) is 0 Å². The smallest absolute Gasteiger partial charge is 0.122 e. The summed E-state index contributed by atoms with van der Waals surface area (Å²) in [5, 5.41) is 0. The van der Waals surface area contributed by atoms with E-state index < -0.39 is 0 Å². The fraction of sp³-hybridized carbons (Fsp3) is 0.769. The summed E-state index contributed by atoms with van der Waals surface area (Å²) >= 11 is 0. The summed E-state index contributed by atoms with van der Waals surface area (Å²) in [5.41, 5.74) is 0. The second-order valence-electron chi connectivity index (χ2n) is 4.28. The first kappa shape index (κ1) is 20.4. The Morgan fingerprint density at radius 1 is 0.750 bits per heavy atom. The third-order valence-electron chi connectivity index (χ3n) is 1.42. The molecule has 0 spiro atoms. The molecule has 96 valence electrons. The zero-order chi connectivity index (χ0) is 13.6. The third kappa shape index (κ3) is 38.2. The van der Waals surface area contributed by atoms with Crippen LogP contribution in [0.15, 0.2) is 0 Å². The van der Waals surface area contributed by atoms with Crippen molar-refractivity contribution in [3.63, 3.8) is 0 Å². The van der Waals surface area contributed by atoms with Crippen molar-refractivity contribution >= 4 is 18.9 Å². The average molecular weight is 230 g/mol. The summed E-state index contributed by atoms with van der Waals surface area (Å²) in [5.74, 6) is 0.662. The summed E-state index contributed by atoms with van der Waals surface area (Å²) in [6, 6.07) is 0. The van der Waals surface area contributed by atoms with Gasteiger partial charge in [-0.1, -0.05) is 41.5 Å². The molecule has 0 aliphatic heterocycles. The van der Waals surface area contributed by atoms with E-state index >= 15 is 0 Å². The lowest BCUT2D eigenvalue weighted by molar-refractivity contribution is -0.111. The van der Waals surface area contributed by atoms with E-state index in [1.807, 2.05) is 41.5 Å².